The second-order valence-electron chi connectivity index (χ2n) is 4.00. The van der Waals surface area contributed by atoms with Gasteiger partial charge in [0, 0.05) is 11.1 Å². The van der Waals surface area contributed by atoms with Crippen LogP contribution >= 0.6 is 0 Å². The number of anilines is 1. The number of hydrogen-bond donors (Lipinski definition) is 2. The lowest BCUT2D eigenvalue weighted by Crippen LogP contribution is -2.06. The highest BCUT2D eigenvalue weighted by Gasteiger charge is 2.17. The monoisotopic (exact) mass is 274 g/mol. The van der Waals surface area contributed by atoms with Gasteiger partial charge in [-0.3, -0.25) is 0 Å². The zero-order valence-electron chi connectivity index (χ0n) is 11.1. The predicted octanol–water partition coefficient (Wildman–Crippen LogP) is 2.05. The minimum atomic E-state index is -1.16. The number of nitrogen functional groups attached to an aromatic ring is 1. The Hall–Kier alpha value is -2.76. The molecule has 1 aromatic heterocycles. The van der Waals surface area contributed by atoms with E-state index in [2.05, 4.69) is 4.98 Å². The van der Waals surface area contributed by atoms with E-state index in [0.29, 0.717) is 22.6 Å². The van der Waals surface area contributed by atoms with Crippen molar-refractivity contribution in [3.63, 3.8) is 0 Å². The van der Waals surface area contributed by atoms with Crippen LogP contribution in [0.15, 0.2) is 30.3 Å². The molecule has 0 amide bonds. The van der Waals surface area contributed by atoms with Gasteiger partial charge in [-0.1, -0.05) is 0 Å². The number of nitrogens with two attached hydrogens (primary N) is 1. The summed E-state index contributed by atoms with van der Waals surface area (Å²) in [6.45, 7) is 0. The molecule has 0 atom stereocenters. The average Bonchev–Trinajstić information content (AvgIpc) is 2.46. The van der Waals surface area contributed by atoms with Crippen molar-refractivity contribution in [1.29, 1.82) is 0 Å². The van der Waals surface area contributed by atoms with Crippen LogP contribution in [0.4, 0.5) is 5.82 Å². The van der Waals surface area contributed by atoms with Gasteiger partial charge in [-0.05, 0) is 30.3 Å². The third-order valence-corrected chi connectivity index (χ3v) is 2.82. The van der Waals surface area contributed by atoms with Crippen molar-refractivity contribution in [2.24, 2.45) is 0 Å². The molecule has 1 heterocycles. The third kappa shape index (κ3) is 2.49. The Balaban J connectivity index is 2.69. The van der Waals surface area contributed by atoms with E-state index in [1.807, 2.05) is 0 Å². The number of pyridine rings is 1. The summed E-state index contributed by atoms with van der Waals surface area (Å²) in [5.41, 5.74) is 6.41. The summed E-state index contributed by atoms with van der Waals surface area (Å²) in [5.74, 6) is 0.110. The second kappa shape index (κ2) is 5.48. The van der Waals surface area contributed by atoms with Crippen molar-refractivity contribution in [3.05, 3.63) is 36.0 Å². The Morgan fingerprint density at radius 3 is 2.50 bits per heavy atom. The van der Waals surface area contributed by atoms with Gasteiger partial charge >= 0.3 is 5.97 Å². The lowest BCUT2D eigenvalue weighted by molar-refractivity contribution is 0.0691. The molecule has 6 heteroatoms. The van der Waals surface area contributed by atoms with Crippen LogP contribution in [0.1, 0.15) is 10.5 Å². The summed E-state index contributed by atoms with van der Waals surface area (Å²) in [6.07, 6.45) is 0. The van der Waals surface area contributed by atoms with Crippen molar-refractivity contribution in [2.75, 3.05) is 20.0 Å². The Morgan fingerprint density at radius 1 is 1.15 bits per heavy atom. The van der Waals surface area contributed by atoms with Crippen LogP contribution in [0.2, 0.25) is 0 Å². The fraction of sp³-hybridized carbons (Fsp3) is 0.143. The molecule has 0 spiro atoms. The van der Waals surface area contributed by atoms with Gasteiger partial charge < -0.3 is 20.3 Å². The van der Waals surface area contributed by atoms with Crippen molar-refractivity contribution < 1.29 is 19.4 Å². The number of rotatable bonds is 4. The van der Waals surface area contributed by atoms with E-state index in [9.17, 15) is 9.90 Å². The maximum atomic E-state index is 11.3. The first kappa shape index (κ1) is 13.7. The summed E-state index contributed by atoms with van der Waals surface area (Å²) < 4.78 is 10.4. The lowest BCUT2D eigenvalue weighted by Gasteiger charge is -2.12. The molecule has 104 valence electrons. The molecule has 6 nitrogen and oxygen atoms in total. The molecule has 1 aromatic carbocycles. The van der Waals surface area contributed by atoms with Gasteiger partial charge in [-0.25, -0.2) is 9.78 Å². The summed E-state index contributed by atoms with van der Waals surface area (Å²) in [4.78, 5) is 15.2. The fourth-order valence-corrected chi connectivity index (χ4v) is 1.88. The molecule has 0 saturated heterocycles. The van der Waals surface area contributed by atoms with Crippen LogP contribution in [0.3, 0.4) is 0 Å². The second-order valence-corrected chi connectivity index (χ2v) is 4.00. The number of aromatic carboxylic acids is 1. The maximum absolute atomic E-state index is 11.3. The molecule has 3 N–H and O–H groups in total. The number of nitrogens with zero attached hydrogens (tertiary/aromatic N) is 1. The van der Waals surface area contributed by atoms with Gasteiger partial charge in [0.15, 0.2) is 5.69 Å². The van der Waals surface area contributed by atoms with E-state index in [1.54, 1.807) is 30.3 Å². The third-order valence-electron chi connectivity index (χ3n) is 2.82. The number of carbonyl (C=O) groups is 1. The molecule has 0 bridgehead atoms. The molecule has 2 rings (SSSR count). The topological polar surface area (TPSA) is 94.7 Å². The van der Waals surface area contributed by atoms with Gasteiger partial charge in [0.2, 0.25) is 0 Å². The molecule has 0 unspecified atom stereocenters. The molecule has 0 fully saturated rings. The number of ether oxygens (including phenoxy) is 2. The summed E-state index contributed by atoms with van der Waals surface area (Å²) in [6, 6.07) is 8.27. The van der Waals surface area contributed by atoms with Crippen LogP contribution in [0, 0.1) is 0 Å². The van der Waals surface area contributed by atoms with Crippen LogP contribution in [0.25, 0.3) is 11.1 Å². The maximum Gasteiger partial charge on any atom is 0.355 e. The molecular weight excluding hydrogens is 260 g/mol. The molecule has 2 aromatic rings. The number of benzene rings is 1. The van der Waals surface area contributed by atoms with Crippen LogP contribution in [0.5, 0.6) is 11.5 Å². The summed E-state index contributed by atoms with van der Waals surface area (Å²) in [5, 5.41) is 9.25. The number of aromatic nitrogens is 1. The number of carboxylic acid groups (broad SMARTS) is 1. The van der Waals surface area contributed by atoms with Gasteiger partial charge in [0.1, 0.15) is 17.3 Å². The largest absolute Gasteiger partial charge is 0.497 e. The van der Waals surface area contributed by atoms with Gasteiger partial charge in [0.05, 0.1) is 14.2 Å². The molecular formula is C14H14N2O4. The Labute approximate surface area is 115 Å². The average molecular weight is 274 g/mol. The normalized spacial score (nSPS) is 10.1. The van der Waals surface area contributed by atoms with E-state index >= 15 is 0 Å². The van der Waals surface area contributed by atoms with Gasteiger partial charge in [-0.15, -0.1) is 0 Å². The Morgan fingerprint density at radius 2 is 1.90 bits per heavy atom. The zero-order valence-corrected chi connectivity index (χ0v) is 11.1. The first-order valence-electron chi connectivity index (χ1n) is 5.79. The smallest absolute Gasteiger partial charge is 0.355 e. The highest BCUT2D eigenvalue weighted by molar-refractivity contribution is 5.95. The standard InChI is InChI=1S/C14H14N2O4/c1-19-8-3-5-11(20-2)10(7-8)9-4-6-12(15)16-13(9)14(17)18/h3-7H,1-2H3,(H2,15,16)(H,17,18). The van der Waals surface area contributed by atoms with Crippen molar-refractivity contribution >= 4 is 11.8 Å². The van der Waals surface area contributed by atoms with Gasteiger partial charge in [0.25, 0.3) is 0 Å². The van der Waals surface area contributed by atoms with E-state index in [0.717, 1.165) is 0 Å². The number of hydrogen-bond acceptors (Lipinski definition) is 5. The molecule has 20 heavy (non-hydrogen) atoms. The molecule has 0 saturated carbocycles. The molecule has 0 aliphatic heterocycles. The number of methoxy groups -OCH3 is 2. The summed E-state index contributed by atoms with van der Waals surface area (Å²) >= 11 is 0. The van der Waals surface area contributed by atoms with Crippen molar-refractivity contribution in [3.8, 4) is 22.6 Å². The van der Waals surface area contributed by atoms with E-state index in [4.69, 9.17) is 15.2 Å². The van der Waals surface area contributed by atoms with Crippen LogP contribution < -0.4 is 15.2 Å². The van der Waals surface area contributed by atoms with E-state index < -0.39 is 5.97 Å². The van der Waals surface area contributed by atoms with Crippen LogP contribution in [-0.4, -0.2) is 30.3 Å². The number of carboxylic acids is 1. The van der Waals surface area contributed by atoms with E-state index in [-0.39, 0.29) is 11.5 Å². The first-order valence-corrected chi connectivity index (χ1v) is 5.79. The minimum Gasteiger partial charge on any atom is -0.497 e. The quantitative estimate of drug-likeness (QED) is 0.886. The van der Waals surface area contributed by atoms with Gasteiger partial charge in [-0.2, -0.15) is 0 Å². The minimum absolute atomic E-state index is 0.128. The van der Waals surface area contributed by atoms with Crippen molar-refractivity contribution in [2.45, 2.75) is 0 Å². The summed E-state index contributed by atoms with van der Waals surface area (Å²) in [7, 11) is 3.04. The highest BCUT2D eigenvalue weighted by atomic mass is 16.5. The first-order chi connectivity index (χ1) is 9.56. The molecule has 0 aliphatic rings. The Bertz CT molecular complexity index is 656. The Kier molecular flexibility index (Phi) is 3.74. The molecule has 0 aliphatic carbocycles. The molecule has 0 radical (unpaired) electrons. The van der Waals surface area contributed by atoms with Crippen molar-refractivity contribution in [1.82, 2.24) is 4.98 Å². The predicted molar refractivity (Wildman–Crippen MR) is 74.1 cm³/mol. The fourth-order valence-electron chi connectivity index (χ4n) is 1.88. The SMILES string of the molecule is COc1ccc(OC)c(-c2ccc(N)nc2C(=O)O)c1. The van der Waals surface area contributed by atoms with E-state index in [1.165, 1.54) is 14.2 Å². The zero-order chi connectivity index (χ0) is 14.7. The highest BCUT2D eigenvalue weighted by Crippen LogP contribution is 2.35. The lowest BCUT2D eigenvalue weighted by atomic mass is 10.0. The van der Waals surface area contributed by atoms with Crippen LogP contribution in [-0.2, 0) is 0 Å².